The first-order valence-electron chi connectivity index (χ1n) is 22.4. The Morgan fingerprint density at radius 3 is 0.892 bits per heavy atom. The molecule has 0 aliphatic rings. The van der Waals surface area contributed by atoms with Gasteiger partial charge in [0.05, 0.1) is 0 Å². The molecule has 0 saturated carbocycles. The molecule has 0 aliphatic heterocycles. The molecular weight excluding hydrogens is 921 g/mol. The number of nitriles is 8. The van der Waals surface area contributed by atoms with Crippen molar-refractivity contribution in [2.75, 3.05) is 0 Å². The summed E-state index contributed by atoms with van der Waals surface area (Å²) in [5, 5.41) is 86.6. The Hall–Kier alpha value is -11.9. The van der Waals surface area contributed by atoms with Crippen molar-refractivity contribution in [3.05, 3.63) is 215 Å². The van der Waals surface area contributed by atoms with Crippen LogP contribution in [0.1, 0.15) is 43.0 Å². The van der Waals surface area contributed by atoms with Gasteiger partial charge >= 0.3 is 11.9 Å². The van der Waals surface area contributed by atoms with Crippen LogP contribution in [-0.4, -0.2) is 11.9 Å². The van der Waals surface area contributed by atoms with Gasteiger partial charge in [0.15, 0.2) is 0 Å². The summed E-state index contributed by atoms with van der Waals surface area (Å²) in [5.41, 5.74) is 1.73. The maximum atomic E-state index is 14.7. The molecule has 0 amide bonds. The van der Waals surface area contributed by atoms with Gasteiger partial charge in [-0.2, -0.15) is 65.3 Å². The molecule has 12 nitrogen and oxygen atoms in total. The zero-order valence-corrected chi connectivity index (χ0v) is 38.2. The Morgan fingerprint density at radius 2 is 0.581 bits per heavy atom. The van der Waals surface area contributed by atoms with E-state index in [-0.39, 0.29) is 79.3 Å². The van der Waals surface area contributed by atoms with E-state index < -0.39 is 11.9 Å². The van der Waals surface area contributed by atoms with Gasteiger partial charge in [0.2, 0.25) is 0 Å². The molecule has 0 fully saturated rings. The normalized spacial score (nSPS) is 10.4. The maximum Gasteiger partial charge on any atom is 0.342 e. The number of hydrogen-bond acceptors (Lipinski definition) is 12. The van der Waals surface area contributed by atoms with Crippen molar-refractivity contribution < 1.29 is 19.1 Å². The van der Waals surface area contributed by atoms with Crippen LogP contribution in [0.15, 0.2) is 158 Å². The Kier molecular flexibility index (Phi) is 11.7. The standard InChI is InChI=1S/C62H26N8O4/c63-27-39(28-64)55-45-13-5-7-15-47(45)57(41(31-67)32-68)51-25-37(17-21-49(51)55)61(71)73-53-23-19-35-9-1-3-11-43(35)59(53)60-44-12-4-2-10-36(44)20-24-54(60)74-62(72)38-18-22-50-52(26-38)58(42(33-69)34-70)48-16-8-6-14-46(48)56(50)40(29-65)30-66/h1-26H/q-4. The number of rotatable bonds is 9. The van der Waals surface area contributed by atoms with Crippen LogP contribution in [0.25, 0.3) is 75.8 Å². The molecule has 0 aliphatic carbocycles. The fraction of sp³-hybridized carbons (Fsp3) is 0. The van der Waals surface area contributed by atoms with Gasteiger partial charge in [0.25, 0.3) is 0 Å². The lowest BCUT2D eigenvalue weighted by Gasteiger charge is -2.31. The molecule has 0 bridgehead atoms. The smallest absolute Gasteiger partial charge is 0.342 e. The molecule has 0 unspecified atom stereocenters. The van der Waals surface area contributed by atoms with Crippen molar-refractivity contribution in [1.29, 1.82) is 42.1 Å². The Labute approximate surface area is 421 Å². The van der Waals surface area contributed by atoms with Gasteiger partial charge in [-0.25, -0.2) is 51.7 Å². The van der Waals surface area contributed by atoms with Crippen LogP contribution in [-0.2, 0) is 0 Å². The highest BCUT2D eigenvalue weighted by atomic mass is 16.5. The third-order valence-electron chi connectivity index (χ3n) is 12.9. The van der Waals surface area contributed by atoms with E-state index in [9.17, 15) is 51.7 Å². The van der Waals surface area contributed by atoms with Crippen LogP contribution in [0.2, 0.25) is 0 Å². The molecule has 0 spiro atoms. The summed E-state index contributed by atoms with van der Waals surface area (Å²) in [4.78, 5) is 29.4. The number of carbonyl (C=O) groups excluding carboxylic acids is 2. The lowest BCUT2D eigenvalue weighted by atomic mass is 9.82. The molecule has 342 valence electrons. The number of ether oxygens (including phenoxy) is 2. The van der Waals surface area contributed by atoms with Crippen LogP contribution in [0.4, 0.5) is 0 Å². The van der Waals surface area contributed by atoms with Gasteiger partial charge in [-0.1, -0.05) is 97.1 Å². The fourth-order valence-corrected chi connectivity index (χ4v) is 9.74. The summed E-state index contributed by atoms with van der Waals surface area (Å²) in [5.74, 6) is -2.48. The molecule has 0 N–H and O–H groups in total. The predicted molar refractivity (Wildman–Crippen MR) is 274 cm³/mol. The summed E-state index contributed by atoms with van der Waals surface area (Å²) < 4.78 is 12.7. The topological polar surface area (TPSA) is 243 Å². The average Bonchev–Trinajstić information content (AvgIpc) is 3.45. The Morgan fingerprint density at radius 1 is 0.311 bits per heavy atom. The highest BCUT2D eigenvalue weighted by Crippen LogP contribution is 2.47. The van der Waals surface area contributed by atoms with Gasteiger partial charge in [-0.05, 0) is 33.7 Å². The molecule has 10 rings (SSSR count). The largest absolute Gasteiger partial charge is 0.422 e. The van der Waals surface area contributed by atoms with Gasteiger partial charge in [0, 0.05) is 94.5 Å². The van der Waals surface area contributed by atoms with Gasteiger partial charge in [-0.3, -0.25) is 0 Å². The molecule has 74 heavy (non-hydrogen) atoms. The van der Waals surface area contributed by atoms with Gasteiger partial charge in [-0.15, -0.1) is 48.5 Å². The van der Waals surface area contributed by atoms with Gasteiger partial charge < -0.3 is 9.47 Å². The minimum atomic E-state index is -0.846. The Balaban J connectivity index is 1.14. The molecule has 0 heterocycles. The molecule has 12 heteroatoms. The van der Waals surface area contributed by atoms with Crippen LogP contribution in [0.3, 0.4) is 0 Å². The summed E-state index contributed by atoms with van der Waals surface area (Å²) >= 11 is 0. The van der Waals surface area contributed by atoms with E-state index in [0.717, 1.165) is 10.8 Å². The SMILES string of the molecule is N#C[C-](C#N)c1c2ccccc2c([C-](C#N)C#N)c2cc(C(=O)Oc3ccc4ccccc4c3-c3c(OC(=O)c4ccc5c([C-](C#N)C#N)c6ccccc6c([C-](C#N)C#N)c5c4)ccc4ccccc34)ccc12. The van der Waals surface area contributed by atoms with E-state index >= 15 is 0 Å². The van der Waals surface area contributed by atoms with Crippen molar-refractivity contribution in [3.8, 4) is 71.2 Å². The third kappa shape index (κ3) is 7.43. The first-order chi connectivity index (χ1) is 36.2. The highest BCUT2D eigenvalue weighted by Gasteiger charge is 2.24. The number of carbonyl (C=O) groups is 2. The minimum Gasteiger partial charge on any atom is -0.422 e. The predicted octanol–water partition coefficient (Wildman–Crippen LogP) is 12.6. The van der Waals surface area contributed by atoms with E-state index in [4.69, 9.17) is 9.47 Å². The molecule has 0 aromatic heterocycles. The number of nitrogens with zero attached hydrogens (tertiary/aromatic N) is 8. The van der Waals surface area contributed by atoms with Crippen LogP contribution < -0.4 is 9.47 Å². The molecule has 0 radical (unpaired) electrons. The second kappa shape index (κ2) is 18.9. The molecule has 0 atom stereocenters. The maximum absolute atomic E-state index is 14.7. The Bertz CT molecular complexity index is 4130. The number of hydrogen-bond donors (Lipinski definition) is 0. The number of benzene rings is 10. The van der Waals surface area contributed by atoms with E-state index in [1.54, 1.807) is 84.9 Å². The molecule has 10 aromatic carbocycles. The second-order valence-corrected chi connectivity index (χ2v) is 16.6. The summed E-state index contributed by atoms with van der Waals surface area (Å²) in [7, 11) is 0. The zero-order valence-electron chi connectivity index (χ0n) is 38.2. The first kappa shape index (κ1) is 45.9. The van der Waals surface area contributed by atoms with E-state index in [1.807, 2.05) is 97.1 Å². The monoisotopic (exact) mass is 946 g/mol. The summed E-state index contributed by atoms with van der Waals surface area (Å²) in [6.07, 6.45) is 0. The van der Waals surface area contributed by atoms with Crippen LogP contribution >= 0.6 is 0 Å². The van der Waals surface area contributed by atoms with Gasteiger partial charge in [0.1, 0.15) is 11.5 Å². The van der Waals surface area contributed by atoms with E-state index in [1.165, 1.54) is 24.3 Å². The van der Waals surface area contributed by atoms with E-state index in [2.05, 4.69) is 0 Å². The van der Waals surface area contributed by atoms with Crippen LogP contribution in [0.5, 0.6) is 11.5 Å². The molecular formula is C62H26N8O4-4. The second-order valence-electron chi connectivity index (χ2n) is 16.6. The average molecular weight is 947 g/mol. The number of esters is 2. The van der Waals surface area contributed by atoms with Crippen LogP contribution in [0, 0.1) is 114 Å². The lowest BCUT2D eigenvalue weighted by molar-refractivity contribution is 0.0723. The highest BCUT2D eigenvalue weighted by molar-refractivity contribution is 6.15. The molecule has 10 aromatic rings. The number of fused-ring (bicyclic) bond motifs is 6. The molecule has 0 saturated heterocycles. The summed E-state index contributed by atoms with van der Waals surface area (Å²) in [6, 6.07) is 59.7. The quantitative estimate of drug-likeness (QED) is 0.0567. The lowest BCUT2D eigenvalue weighted by Crippen LogP contribution is -2.12. The third-order valence-corrected chi connectivity index (χ3v) is 12.9. The summed E-state index contributed by atoms with van der Waals surface area (Å²) in [6.45, 7) is 0. The van der Waals surface area contributed by atoms with Crippen molar-refractivity contribution in [1.82, 2.24) is 0 Å². The van der Waals surface area contributed by atoms with Crippen molar-refractivity contribution in [2.24, 2.45) is 0 Å². The first-order valence-corrected chi connectivity index (χ1v) is 22.4. The van der Waals surface area contributed by atoms with Crippen molar-refractivity contribution in [3.63, 3.8) is 0 Å². The van der Waals surface area contributed by atoms with Crippen molar-refractivity contribution >= 4 is 76.6 Å². The zero-order chi connectivity index (χ0) is 51.6. The fourth-order valence-electron chi connectivity index (χ4n) is 9.74. The van der Waals surface area contributed by atoms with E-state index in [0.29, 0.717) is 54.2 Å². The minimum absolute atomic E-state index is 0.00317. The van der Waals surface area contributed by atoms with Crippen molar-refractivity contribution in [2.45, 2.75) is 0 Å².